The lowest BCUT2D eigenvalue weighted by Crippen LogP contribution is -2.58. The Morgan fingerprint density at radius 2 is 1.68 bits per heavy atom. The highest BCUT2D eigenvalue weighted by molar-refractivity contribution is 7.99. The van der Waals surface area contributed by atoms with E-state index < -0.39 is 12.1 Å². The summed E-state index contributed by atoms with van der Waals surface area (Å²) in [5.41, 5.74) is 3.12. The number of benzene rings is 3. The maximum atomic E-state index is 13.7. The Bertz CT molecular complexity index is 1420. The number of hydrogen-bond acceptors (Lipinski definition) is 6. The molecule has 4 N–H and O–H groups in total. The number of phenols is 1. The molecule has 0 radical (unpaired) electrons. The van der Waals surface area contributed by atoms with Crippen molar-refractivity contribution in [3.05, 3.63) is 95.1 Å². The van der Waals surface area contributed by atoms with Crippen LogP contribution in [0.25, 0.3) is 0 Å². The number of aliphatic hydroxyl groups excluding tert-OH is 1. The van der Waals surface area contributed by atoms with Gasteiger partial charge in [0.05, 0.1) is 18.2 Å². The van der Waals surface area contributed by atoms with Crippen molar-refractivity contribution in [2.75, 3.05) is 18.8 Å². The molecule has 0 spiro atoms. The minimum Gasteiger partial charge on any atom is -0.508 e. The summed E-state index contributed by atoms with van der Waals surface area (Å²) in [6, 6.07) is 22.0. The quantitative estimate of drug-likeness (QED) is 0.214. The van der Waals surface area contributed by atoms with E-state index in [1.807, 2.05) is 48.5 Å². The Morgan fingerprint density at radius 3 is 2.45 bits per heavy atom. The monoisotopic (exact) mass is 615 g/mol. The number of carbonyl (C=O) groups is 2. The average Bonchev–Trinajstić information content (AvgIpc) is 3.03. The second-order valence-corrected chi connectivity index (χ2v) is 13.5. The van der Waals surface area contributed by atoms with Crippen molar-refractivity contribution in [3.63, 3.8) is 0 Å². The van der Waals surface area contributed by atoms with Crippen molar-refractivity contribution < 1.29 is 19.8 Å². The van der Waals surface area contributed by atoms with Crippen molar-refractivity contribution in [1.29, 1.82) is 0 Å². The number of likely N-dealkylation sites (tertiary alicyclic amines) is 1. The topological polar surface area (TPSA) is 102 Å². The molecule has 3 aromatic carbocycles. The standard InChI is InChI=1S/C36H45N3O4S/c1-24-11-6-7-13-27(24)20-37-36(43)32-19-26-12-8-9-14-28(26)21-39(32)22-34(41)31(23-44-29-15-4-3-5-16-29)38-35(42)30-17-10-18-33(40)25(30)2/h3-7,10-11,13,15-18,26,28,31-32,34,40-41H,8-9,12,14,19-23H2,1-2H3,(H,37,43)(H,38,42)/t26-,28+,31-,32-,34+/m0/s1. The molecule has 7 nitrogen and oxygen atoms in total. The van der Waals surface area contributed by atoms with Crippen LogP contribution in [-0.2, 0) is 11.3 Å². The highest BCUT2D eigenvalue weighted by Crippen LogP contribution is 2.39. The summed E-state index contributed by atoms with van der Waals surface area (Å²) in [5.74, 6) is 1.21. The molecule has 2 fully saturated rings. The molecule has 5 rings (SSSR count). The van der Waals surface area contributed by atoms with Crippen LogP contribution in [0, 0.1) is 25.7 Å². The second-order valence-electron chi connectivity index (χ2n) is 12.4. The first-order chi connectivity index (χ1) is 21.3. The van der Waals surface area contributed by atoms with E-state index in [1.165, 1.54) is 12.8 Å². The lowest BCUT2D eigenvalue weighted by Gasteiger charge is -2.46. The summed E-state index contributed by atoms with van der Waals surface area (Å²) >= 11 is 1.57. The van der Waals surface area contributed by atoms with Crippen molar-refractivity contribution in [2.45, 2.75) is 75.6 Å². The zero-order valence-electron chi connectivity index (χ0n) is 25.7. The first-order valence-corrected chi connectivity index (χ1v) is 16.8. The molecule has 1 heterocycles. The molecule has 3 aromatic rings. The minimum absolute atomic E-state index is 0.000826. The van der Waals surface area contributed by atoms with Crippen LogP contribution in [0.5, 0.6) is 5.75 Å². The van der Waals surface area contributed by atoms with Gasteiger partial charge in [-0.25, -0.2) is 0 Å². The van der Waals surface area contributed by atoms with Crippen LogP contribution in [0.15, 0.2) is 77.7 Å². The van der Waals surface area contributed by atoms with E-state index >= 15 is 0 Å². The Kier molecular flexibility index (Phi) is 11.0. The van der Waals surface area contributed by atoms with Crippen molar-refractivity contribution in [3.8, 4) is 5.75 Å². The number of carbonyl (C=O) groups excluding carboxylic acids is 2. The third-order valence-corrected chi connectivity index (χ3v) is 10.6. The number of hydrogen-bond donors (Lipinski definition) is 4. The highest BCUT2D eigenvalue weighted by Gasteiger charge is 2.41. The van der Waals surface area contributed by atoms with Crippen LogP contribution in [0.4, 0.5) is 0 Å². The van der Waals surface area contributed by atoms with Gasteiger partial charge in [-0.3, -0.25) is 14.5 Å². The fourth-order valence-electron chi connectivity index (χ4n) is 6.72. The van der Waals surface area contributed by atoms with Gasteiger partial charge in [-0.1, -0.05) is 67.8 Å². The lowest BCUT2D eigenvalue weighted by molar-refractivity contribution is -0.131. The SMILES string of the molecule is Cc1ccccc1CNC(=O)[C@@H]1C[C@@H]2CCCC[C@@H]2CN1C[C@@H](O)[C@H](CSc1ccccc1)NC(=O)c1cccc(O)c1C. The van der Waals surface area contributed by atoms with Gasteiger partial charge >= 0.3 is 0 Å². The molecular weight excluding hydrogens is 570 g/mol. The molecule has 2 amide bonds. The molecule has 5 atom stereocenters. The van der Waals surface area contributed by atoms with Crippen LogP contribution >= 0.6 is 11.8 Å². The normalized spacial score (nSPS) is 21.6. The van der Waals surface area contributed by atoms with Gasteiger partial charge in [0.1, 0.15) is 5.75 Å². The zero-order chi connectivity index (χ0) is 31.1. The third kappa shape index (κ3) is 8.03. The van der Waals surface area contributed by atoms with Gasteiger partial charge in [-0.15, -0.1) is 11.8 Å². The Hall–Kier alpha value is -3.33. The van der Waals surface area contributed by atoms with Crippen LogP contribution in [0.2, 0.25) is 0 Å². The number of aromatic hydroxyl groups is 1. The molecule has 2 aliphatic rings. The minimum atomic E-state index is -0.903. The summed E-state index contributed by atoms with van der Waals surface area (Å²) in [7, 11) is 0. The summed E-state index contributed by atoms with van der Waals surface area (Å²) in [4.78, 5) is 30.4. The van der Waals surface area contributed by atoms with Gasteiger partial charge < -0.3 is 20.8 Å². The van der Waals surface area contributed by atoms with E-state index in [1.54, 1.807) is 36.9 Å². The molecule has 0 aromatic heterocycles. The van der Waals surface area contributed by atoms with Crippen LogP contribution in [0.1, 0.15) is 59.2 Å². The molecule has 1 saturated carbocycles. The number of fused-ring (bicyclic) bond motifs is 1. The van der Waals surface area contributed by atoms with E-state index in [9.17, 15) is 19.8 Å². The second kappa shape index (κ2) is 15.1. The van der Waals surface area contributed by atoms with Gasteiger partial charge in [0, 0.05) is 41.4 Å². The van der Waals surface area contributed by atoms with E-state index in [2.05, 4.69) is 28.5 Å². The molecule has 1 saturated heterocycles. The average molecular weight is 616 g/mol. The summed E-state index contributed by atoms with van der Waals surface area (Å²) < 4.78 is 0. The number of rotatable bonds is 11. The molecule has 234 valence electrons. The van der Waals surface area contributed by atoms with Crippen LogP contribution in [-0.4, -0.2) is 64.0 Å². The highest BCUT2D eigenvalue weighted by atomic mass is 32.2. The summed E-state index contributed by atoms with van der Waals surface area (Å²) in [6.07, 6.45) is 4.60. The number of nitrogens with one attached hydrogen (secondary N) is 2. The Balaban J connectivity index is 1.33. The van der Waals surface area contributed by atoms with Gasteiger partial charge in [-0.05, 0) is 73.9 Å². The number of amides is 2. The molecule has 1 aliphatic heterocycles. The van der Waals surface area contributed by atoms with Gasteiger partial charge in [-0.2, -0.15) is 0 Å². The zero-order valence-corrected chi connectivity index (χ0v) is 26.6. The van der Waals surface area contributed by atoms with Gasteiger partial charge in [0.25, 0.3) is 5.91 Å². The number of phenolic OH excluding ortho intramolecular Hbond substituents is 1. The molecular formula is C36H45N3O4S. The maximum Gasteiger partial charge on any atom is 0.252 e. The largest absolute Gasteiger partial charge is 0.508 e. The van der Waals surface area contributed by atoms with Crippen molar-refractivity contribution >= 4 is 23.6 Å². The van der Waals surface area contributed by atoms with E-state index in [0.29, 0.717) is 35.3 Å². The molecule has 44 heavy (non-hydrogen) atoms. The van der Waals surface area contributed by atoms with Gasteiger partial charge in [0.2, 0.25) is 5.91 Å². The third-order valence-electron chi connectivity index (χ3n) is 9.44. The summed E-state index contributed by atoms with van der Waals surface area (Å²) in [5, 5.41) is 28.2. The molecule has 8 heteroatoms. The lowest BCUT2D eigenvalue weighted by atomic mass is 9.72. The maximum absolute atomic E-state index is 13.7. The number of aryl methyl sites for hydroxylation is 1. The van der Waals surface area contributed by atoms with E-state index in [0.717, 1.165) is 41.8 Å². The fraction of sp³-hybridized carbons (Fsp3) is 0.444. The Morgan fingerprint density at radius 1 is 0.955 bits per heavy atom. The Labute approximate surface area is 265 Å². The van der Waals surface area contributed by atoms with E-state index in [-0.39, 0.29) is 30.2 Å². The smallest absolute Gasteiger partial charge is 0.252 e. The van der Waals surface area contributed by atoms with Crippen LogP contribution < -0.4 is 10.6 Å². The number of aliphatic hydroxyl groups is 1. The van der Waals surface area contributed by atoms with E-state index in [4.69, 9.17) is 0 Å². The molecule has 0 unspecified atom stereocenters. The fourth-order valence-corrected chi connectivity index (χ4v) is 7.74. The first kappa shape index (κ1) is 32.1. The number of β-amino-alcohol motifs (C(OH)–C–C–N with tert-alkyl or cyclic N) is 1. The number of piperidine rings is 1. The first-order valence-electron chi connectivity index (χ1n) is 15.8. The molecule has 1 aliphatic carbocycles. The van der Waals surface area contributed by atoms with Gasteiger partial charge in [0.15, 0.2) is 0 Å². The number of thioether (sulfide) groups is 1. The predicted molar refractivity (Wildman–Crippen MR) is 176 cm³/mol. The predicted octanol–water partition coefficient (Wildman–Crippen LogP) is 5.46. The van der Waals surface area contributed by atoms with Crippen LogP contribution in [0.3, 0.4) is 0 Å². The van der Waals surface area contributed by atoms with Crippen molar-refractivity contribution in [1.82, 2.24) is 15.5 Å². The molecule has 0 bridgehead atoms. The summed E-state index contributed by atoms with van der Waals surface area (Å²) in [6.45, 7) is 5.29. The number of nitrogens with zero attached hydrogens (tertiary/aromatic N) is 1. The van der Waals surface area contributed by atoms with Crippen molar-refractivity contribution in [2.24, 2.45) is 11.8 Å².